The first kappa shape index (κ1) is 18.9. The third-order valence-corrected chi connectivity index (χ3v) is 5.15. The quantitative estimate of drug-likeness (QED) is 0.763. The van der Waals surface area contributed by atoms with Crippen LogP contribution in [0.25, 0.3) is 0 Å². The molecule has 2 aromatic carbocycles. The Morgan fingerprint density at radius 1 is 1.04 bits per heavy atom. The molecule has 1 aliphatic rings. The highest BCUT2D eigenvalue weighted by Gasteiger charge is 2.26. The highest BCUT2D eigenvalue weighted by Crippen LogP contribution is 2.26. The molecule has 26 heavy (non-hydrogen) atoms. The van der Waals surface area contributed by atoms with E-state index >= 15 is 0 Å². The number of halogens is 2. The van der Waals surface area contributed by atoms with E-state index in [0.717, 1.165) is 31.5 Å². The molecule has 0 bridgehead atoms. The maximum absolute atomic E-state index is 12.5. The Bertz CT molecular complexity index is 788. The minimum atomic E-state index is -0.137. The van der Waals surface area contributed by atoms with Gasteiger partial charge in [-0.2, -0.15) is 0 Å². The van der Waals surface area contributed by atoms with Gasteiger partial charge in [0.1, 0.15) is 0 Å². The molecule has 1 aliphatic heterocycles. The second-order valence-electron chi connectivity index (χ2n) is 6.45. The molecule has 4 nitrogen and oxygen atoms in total. The van der Waals surface area contributed by atoms with Crippen LogP contribution in [0.15, 0.2) is 48.5 Å². The fourth-order valence-electron chi connectivity index (χ4n) is 3.18. The zero-order valence-corrected chi connectivity index (χ0v) is 15.8. The van der Waals surface area contributed by atoms with Gasteiger partial charge in [-0.25, -0.2) is 0 Å². The number of benzene rings is 2. The fraction of sp³-hybridized carbons (Fsp3) is 0.300. The summed E-state index contributed by atoms with van der Waals surface area (Å²) >= 11 is 12.0. The van der Waals surface area contributed by atoms with Crippen molar-refractivity contribution in [3.63, 3.8) is 0 Å². The van der Waals surface area contributed by atoms with Crippen LogP contribution < -0.4 is 5.32 Å². The number of amides is 1. The molecule has 1 saturated heterocycles. The molecule has 1 fully saturated rings. The van der Waals surface area contributed by atoms with Crippen molar-refractivity contribution in [3.8, 4) is 0 Å². The number of nitrogens with one attached hydrogen (secondary N) is 1. The minimum absolute atomic E-state index is 0.0269. The first-order valence-electron chi connectivity index (χ1n) is 8.59. The van der Waals surface area contributed by atoms with E-state index < -0.39 is 0 Å². The molecule has 1 amide bonds. The molecule has 0 atom stereocenters. The highest BCUT2D eigenvalue weighted by molar-refractivity contribution is 6.35. The third-order valence-electron chi connectivity index (χ3n) is 4.59. The van der Waals surface area contributed by atoms with Crippen molar-refractivity contribution < 1.29 is 9.59 Å². The van der Waals surface area contributed by atoms with E-state index in [-0.39, 0.29) is 24.2 Å². The average Bonchev–Trinajstić information content (AvgIpc) is 2.65. The Labute approximate surface area is 163 Å². The Kier molecular flexibility index (Phi) is 6.30. The number of anilines is 1. The van der Waals surface area contributed by atoms with Crippen LogP contribution in [-0.2, 0) is 4.79 Å². The second kappa shape index (κ2) is 8.67. The molecule has 6 heteroatoms. The summed E-state index contributed by atoms with van der Waals surface area (Å²) in [6.45, 7) is 1.72. The first-order chi connectivity index (χ1) is 12.5. The maximum Gasteiger partial charge on any atom is 0.238 e. The number of hydrogen-bond acceptors (Lipinski definition) is 3. The SMILES string of the molecule is O=C(CN1CCC(C(=O)c2ccccc2)CC1)Nc1cc(Cl)ccc1Cl. The first-order valence-corrected chi connectivity index (χ1v) is 9.35. The Morgan fingerprint density at radius 3 is 2.42 bits per heavy atom. The molecule has 136 valence electrons. The van der Waals surface area contributed by atoms with Crippen molar-refractivity contribution in [1.82, 2.24) is 4.90 Å². The van der Waals surface area contributed by atoms with Gasteiger partial charge in [0.25, 0.3) is 0 Å². The lowest BCUT2D eigenvalue weighted by Gasteiger charge is -2.30. The zero-order chi connectivity index (χ0) is 18.5. The van der Waals surface area contributed by atoms with Gasteiger partial charge in [0.05, 0.1) is 17.3 Å². The predicted octanol–water partition coefficient (Wildman–Crippen LogP) is 4.53. The van der Waals surface area contributed by atoms with Crippen LogP contribution in [0.4, 0.5) is 5.69 Å². The molecule has 2 aromatic rings. The van der Waals surface area contributed by atoms with Crippen LogP contribution >= 0.6 is 23.2 Å². The van der Waals surface area contributed by atoms with E-state index in [0.29, 0.717) is 15.7 Å². The second-order valence-corrected chi connectivity index (χ2v) is 7.30. The summed E-state index contributed by atoms with van der Waals surface area (Å²) in [7, 11) is 0. The van der Waals surface area contributed by atoms with Crippen LogP contribution in [-0.4, -0.2) is 36.2 Å². The van der Waals surface area contributed by atoms with Crippen molar-refractivity contribution in [2.24, 2.45) is 5.92 Å². The standard InChI is InChI=1S/C20H20Cl2N2O2/c21-16-6-7-17(22)18(12-16)23-19(25)13-24-10-8-15(9-11-24)20(26)14-4-2-1-3-5-14/h1-7,12,15H,8-11,13H2,(H,23,25). The third kappa shape index (κ3) is 4.85. The van der Waals surface area contributed by atoms with E-state index in [1.165, 1.54) is 0 Å². The average molecular weight is 391 g/mol. The number of carbonyl (C=O) groups is 2. The van der Waals surface area contributed by atoms with Gasteiger partial charge < -0.3 is 5.32 Å². The van der Waals surface area contributed by atoms with E-state index in [2.05, 4.69) is 10.2 Å². The summed E-state index contributed by atoms with van der Waals surface area (Å²) in [6.07, 6.45) is 1.53. The van der Waals surface area contributed by atoms with E-state index in [4.69, 9.17) is 23.2 Å². The summed E-state index contributed by atoms with van der Waals surface area (Å²) in [4.78, 5) is 26.8. The molecular weight excluding hydrogens is 371 g/mol. The van der Waals surface area contributed by atoms with Gasteiger partial charge >= 0.3 is 0 Å². The number of hydrogen-bond donors (Lipinski definition) is 1. The summed E-state index contributed by atoms with van der Waals surface area (Å²) in [5, 5.41) is 3.77. The van der Waals surface area contributed by atoms with Gasteiger partial charge in [-0.15, -0.1) is 0 Å². The normalized spacial score (nSPS) is 15.6. The number of nitrogens with zero attached hydrogens (tertiary/aromatic N) is 1. The fourth-order valence-corrected chi connectivity index (χ4v) is 3.51. The van der Waals surface area contributed by atoms with Gasteiger partial charge in [0, 0.05) is 16.5 Å². The van der Waals surface area contributed by atoms with Crippen LogP contribution in [0.5, 0.6) is 0 Å². The van der Waals surface area contributed by atoms with Gasteiger partial charge in [-0.1, -0.05) is 53.5 Å². The highest BCUT2D eigenvalue weighted by atomic mass is 35.5. The zero-order valence-electron chi connectivity index (χ0n) is 14.3. The molecule has 0 saturated carbocycles. The van der Waals surface area contributed by atoms with E-state index in [1.807, 2.05) is 30.3 Å². The molecule has 0 aromatic heterocycles. The Hall–Kier alpha value is -1.88. The van der Waals surface area contributed by atoms with Crippen molar-refractivity contribution >= 4 is 40.6 Å². The topological polar surface area (TPSA) is 49.4 Å². The maximum atomic E-state index is 12.5. The van der Waals surface area contributed by atoms with Gasteiger partial charge in [-0.3, -0.25) is 14.5 Å². The predicted molar refractivity (Wildman–Crippen MR) is 105 cm³/mol. The summed E-state index contributed by atoms with van der Waals surface area (Å²) in [5.41, 5.74) is 1.28. The number of likely N-dealkylation sites (tertiary alicyclic amines) is 1. The summed E-state index contributed by atoms with van der Waals surface area (Å²) < 4.78 is 0. The van der Waals surface area contributed by atoms with E-state index in [1.54, 1.807) is 18.2 Å². The van der Waals surface area contributed by atoms with Crippen molar-refractivity contribution in [2.75, 3.05) is 25.0 Å². The summed E-state index contributed by atoms with van der Waals surface area (Å²) in [5.74, 6) is 0.0847. The number of carbonyl (C=O) groups excluding carboxylic acids is 2. The lowest BCUT2D eigenvalue weighted by Crippen LogP contribution is -2.40. The molecule has 0 unspecified atom stereocenters. The molecule has 0 radical (unpaired) electrons. The van der Waals surface area contributed by atoms with Crippen LogP contribution in [0.3, 0.4) is 0 Å². The van der Waals surface area contributed by atoms with Gasteiger partial charge in [-0.05, 0) is 44.1 Å². The van der Waals surface area contributed by atoms with Crippen LogP contribution in [0, 0.1) is 5.92 Å². The van der Waals surface area contributed by atoms with E-state index in [9.17, 15) is 9.59 Å². The number of ketones is 1. The lowest BCUT2D eigenvalue weighted by molar-refractivity contribution is -0.117. The molecule has 0 aliphatic carbocycles. The Morgan fingerprint density at radius 2 is 1.73 bits per heavy atom. The molecule has 3 rings (SSSR count). The van der Waals surface area contributed by atoms with Crippen molar-refractivity contribution in [2.45, 2.75) is 12.8 Å². The number of Topliss-reactive ketones (excluding diaryl/α,β-unsaturated/α-hetero) is 1. The molecule has 1 N–H and O–H groups in total. The largest absolute Gasteiger partial charge is 0.324 e. The van der Waals surface area contributed by atoms with Gasteiger partial charge in [0.15, 0.2) is 5.78 Å². The number of rotatable bonds is 5. The van der Waals surface area contributed by atoms with Gasteiger partial charge in [0.2, 0.25) is 5.91 Å². The number of piperidine rings is 1. The molecule has 1 heterocycles. The van der Waals surface area contributed by atoms with Crippen LogP contribution in [0.2, 0.25) is 10.0 Å². The van der Waals surface area contributed by atoms with Crippen LogP contribution in [0.1, 0.15) is 23.2 Å². The summed E-state index contributed by atoms with van der Waals surface area (Å²) in [6, 6.07) is 14.3. The monoisotopic (exact) mass is 390 g/mol. The molecule has 0 spiro atoms. The molecular formula is C20H20Cl2N2O2. The van der Waals surface area contributed by atoms with Crippen molar-refractivity contribution in [1.29, 1.82) is 0 Å². The van der Waals surface area contributed by atoms with Crippen molar-refractivity contribution in [3.05, 3.63) is 64.1 Å². The Balaban J connectivity index is 1.50. The smallest absolute Gasteiger partial charge is 0.238 e. The lowest BCUT2D eigenvalue weighted by atomic mass is 9.89. The minimum Gasteiger partial charge on any atom is -0.324 e.